The van der Waals surface area contributed by atoms with Crippen molar-refractivity contribution in [1.82, 2.24) is 14.9 Å². The fraction of sp³-hybridized carbons (Fsp3) is 0.462. The van der Waals surface area contributed by atoms with E-state index in [1.807, 2.05) is 37.3 Å². The van der Waals surface area contributed by atoms with Gasteiger partial charge in [-0.25, -0.2) is 4.98 Å². The Morgan fingerprint density at radius 3 is 2.56 bits per heavy atom. The van der Waals surface area contributed by atoms with Crippen LogP contribution in [0.5, 0.6) is 11.5 Å². The van der Waals surface area contributed by atoms with Crippen LogP contribution in [0, 0.1) is 0 Å². The van der Waals surface area contributed by atoms with Gasteiger partial charge in [0, 0.05) is 25.9 Å². The molecule has 0 radical (unpaired) electrons. The van der Waals surface area contributed by atoms with Crippen LogP contribution in [0.1, 0.15) is 51.3 Å². The number of benzene rings is 2. The number of fused-ring (bicyclic) bond motifs is 1. The third-order valence-corrected chi connectivity index (χ3v) is 5.56. The van der Waals surface area contributed by atoms with Crippen LogP contribution in [-0.4, -0.2) is 35.7 Å². The molecule has 1 aromatic heterocycles. The number of nitrogens with zero attached hydrogens (tertiary/aromatic N) is 2. The highest BCUT2D eigenvalue weighted by Crippen LogP contribution is 2.26. The first kappa shape index (κ1) is 23.6. The number of nitrogens with one attached hydrogen (secondary N) is 1. The molecule has 1 heterocycles. The number of amides is 1. The summed E-state index contributed by atoms with van der Waals surface area (Å²) in [5, 5.41) is 2.94. The SMILES string of the molecule is CCC(=O)NCCCCCc1nc2ccccc2n1CCCCOc1ccccc1OC. The largest absolute Gasteiger partial charge is 0.493 e. The van der Waals surface area contributed by atoms with Crippen LogP contribution in [0.3, 0.4) is 0 Å². The van der Waals surface area contributed by atoms with E-state index in [9.17, 15) is 4.79 Å². The van der Waals surface area contributed by atoms with Crippen LogP contribution < -0.4 is 14.8 Å². The fourth-order valence-electron chi connectivity index (χ4n) is 3.80. The number of carbonyl (C=O) groups excluding carboxylic acids is 1. The van der Waals surface area contributed by atoms with E-state index in [1.54, 1.807) is 7.11 Å². The Labute approximate surface area is 190 Å². The summed E-state index contributed by atoms with van der Waals surface area (Å²) >= 11 is 0. The molecular formula is C26H35N3O3. The zero-order chi connectivity index (χ0) is 22.6. The Bertz CT molecular complexity index is 983. The number of hydrogen-bond donors (Lipinski definition) is 1. The number of imidazole rings is 1. The van der Waals surface area contributed by atoms with E-state index in [0.29, 0.717) is 13.0 Å². The quantitative estimate of drug-likeness (QED) is 0.355. The lowest BCUT2D eigenvalue weighted by Gasteiger charge is -2.12. The highest BCUT2D eigenvalue weighted by atomic mass is 16.5. The highest BCUT2D eigenvalue weighted by molar-refractivity contribution is 5.76. The molecule has 0 saturated carbocycles. The Morgan fingerprint density at radius 2 is 1.75 bits per heavy atom. The van der Waals surface area contributed by atoms with Crippen LogP contribution in [0.25, 0.3) is 11.0 Å². The first-order valence-corrected chi connectivity index (χ1v) is 11.7. The van der Waals surface area contributed by atoms with E-state index in [0.717, 1.165) is 74.5 Å². The first-order valence-electron chi connectivity index (χ1n) is 11.7. The van der Waals surface area contributed by atoms with Gasteiger partial charge in [0.25, 0.3) is 0 Å². The van der Waals surface area contributed by atoms with Gasteiger partial charge >= 0.3 is 0 Å². The second-order valence-electron chi connectivity index (χ2n) is 7.89. The third-order valence-electron chi connectivity index (χ3n) is 5.56. The van der Waals surface area contributed by atoms with Crippen LogP contribution >= 0.6 is 0 Å². The molecule has 3 aromatic rings. The van der Waals surface area contributed by atoms with Crippen molar-refractivity contribution in [3.63, 3.8) is 0 Å². The maximum atomic E-state index is 11.3. The minimum Gasteiger partial charge on any atom is -0.493 e. The highest BCUT2D eigenvalue weighted by Gasteiger charge is 2.10. The standard InChI is InChI=1S/C26H35N3O3/c1-3-26(30)27-18-10-4-5-17-25-28-21-13-6-7-14-22(21)29(25)19-11-12-20-32-24-16-9-8-15-23(24)31-2/h6-9,13-16H,3-5,10-12,17-20H2,1-2H3,(H,27,30). The van der Waals surface area contributed by atoms with Crippen LogP contribution in [0.4, 0.5) is 0 Å². The molecule has 0 fully saturated rings. The van der Waals surface area contributed by atoms with Crippen molar-refractivity contribution < 1.29 is 14.3 Å². The lowest BCUT2D eigenvalue weighted by atomic mass is 10.2. The molecular weight excluding hydrogens is 402 g/mol. The molecule has 0 atom stereocenters. The van der Waals surface area contributed by atoms with Gasteiger partial charge in [0.05, 0.1) is 24.8 Å². The monoisotopic (exact) mass is 437 g/mol. The maximum Gasteiger partial charge on any atom is 0.219 e. The second-order valence-corrected chi connectivity index (χ2v) is 7.89. The second kappa shape index (κ2) is 12.7. The van der Waals surface area contributed by atoms with E-state index < -0.39 is 0 Å². The average Bonchev–Trinajstić information content (AvgIpc) is 3.18. The van der Waals surface area contributed by atoms with E-state index in [4.69, 9.17) is 14.5 Å². The maximum absolute atomic E-state index is 11.3. The number of methoxy groups -OCH3 is 1. The van der Waals surface area contributed by atoms with E-state index in [2.05, 4.69) is 28.1 Å². The fourth-order valence-corrected chi connectivity index (χ4v) is 3.80. The van der Waals surface area contributed by atoms with E-state index in [-0.39, 0.29) is 5.91 Å². The van der Waals surface area contributed by atoms with Gasteiger partial charge in [0.2, 0.25) is 5.91 Å². The molecule has 1 N–H and O–H groups in total. The molecule has 0 saturated heterocycles. The van der Waals surface area contributed by atoms with Crippen molar-refractivity contribution in [2.24, 2.45) is 0 Å². The number of rotatable bonds is 14. The molecule has 1 amide bonds. The Balaban J connectivity index is 1.48. The summed E-state index contributed by atoms with van der Waals surface area (Å²) < 4.78 is 13.6. The van der Waals surface area contributed by atoms with Gasteiger partial charge in [-0.3, -0.25) is 4.79 Å². The van der Waals surface area contributed by atoms with Gasteiger partial charge < -0.3 is 19.4 Å². The summed E-state index contributed by atoms with van der Waals surface area (Å²) in [6.07, 6.45) is 6.64. The lowest BCUT2D eigenvalue weighted by molar-refractivity contribution is -0.120. The van der Waals surface area contributed by atoms with Crippen molar-refractivity contribution >= 4 is 16.9 Å². The Kier molecular flexibility index (Phi) is 9.41. The Hall–Kier alpha value is -3.02. The van der Waals surface area contributed by atoms with Crippen LogP contribution in [0.2, 0.25) is 0 Å². The van der Waals surface area contributed by atoms with Crippen molar-refractivity contribution in [2.45, 2.75) is 58.4 Å². The predicted molar refractivity (Wildman–Crippen MR) is 128 cm³/mol. The minimum atomic E-state index is 0.126. The molecule has 0 spiro atoms. The van der Waals surface area contributed by atoms with E-state index in [1.165, 1.54) is 5.52 Å². The summed E-state index contributed by atoms with van der Waals surface area (Å²) in [4.78, 5) is 16.2. The number of unbranched alkanes of at least 4 members (excludes halogenated alkanes) is 3. The minimum absolute atomic E-state index is 0.126. The zero-order valence-corrected chi connectivity index (χ0v) is 19.3. The molecule has 172 valence electrons. The summed E-state index contributed by atoms with van der Waals surface area (Å²) in [7, 11) is 1.66. The number of aryl methyl sites for hydroxylation is 2. The molecule has 6 nitrogen and oxygen atoms in total. The molecule has 0 aliphatic rings. The van der Waals surface area contributed by atoms with Gasteiger partial charge in [-0.1, -0.05) is 37.6 Å². The molecule has 0 aliphatic carbocycles. The molecule has 0 aliphatic heterocycles. The molecule has 2 aromatic carbocycles. The van der Waals surface area contributed by atoms with Crippen molar-refractivity contribution in [2.75, 3.05) is 20.3 Å². The van der Waals surface area contributed by atoms with Gasteiger partial charge in [0.1, 0.15) is 5.82 Å². The van der Waals surface area contributed by atoms with Crippen molar-refractivity contribution in [1.29, 1.82) is 0 Å². The van der Waals surface area contributed by atoms with Gasteiger partial charge in [-0.05, 0) is 49.9 Å². The normalized spacial score (nSPS) is 10.9. The van der Waals surface area contributed by atoms with Crippen LogP contribution in [-0.2, 0) is 17.8 Å². The number of para-hydroxylation sites is 4. The topological polar surface area (TPSA) is 65.4 Å². The summed E-state index contributed by atoms with van der Waals surface area (Å²) in [6, 6.07) is 16.1. The average molecular weight is 438 g/mol. The van der Waals surface area contributed by atoms with Crippen LogP contribution in [0.15, 0.2) is 48.5 Å². The number of hydrogen-bond acceptors (Lipinski definition) is 4. The summed E-state index contributed by atoms with van der Waals surface area (Å²) in [5.41, 5.74) is 2.26. The zero-order valence-electron chi connectivity index (χ0n) is 19.3. The van der Waals surface area contributed by atoms with E-state index >= 15 is 0 Å². The number of ether oxygens (including phenoxy) is 2. The predicted octanol–water partition coefficient (Wildman–Crippen LogP) is 5.14. The number of aromatic nitrogens is 2. The van der Waals surface area contributed by atoms with Crippen molar-refractivity contribution in [3.05, 3.63) is 54.4 Å². The number of carbonyl (C=O) groups is 1. The molecule has 3 rings (SSSR count). The Morgan fingerprint density at radius 1 is 0.969 bits per heavy atom. The summed E-state index contributed by atoms with van der Waals surface area (Å²) in [5.74, 6) is 2.83. The smallest absolute Gasteiger partial charge is 0.219 e. The van der Waals surface area contributed by atoms with Crippen molar-refractivity contribution in [3.8, 4) is 11.5 Å². The first-order chi connectivity index (χ1) is 15.7. The molecule has 0 bridgehead atoms. The molecule has 0 unspecified atom stereocenters. The van der Waals surface area contributed by atoms with Gasteiger partial charge in [-0.15, -0.1) is 0 Å². The third kappa shape index (κ3) is 6.74. The molecule has 6 heteroatoms. The molecule has 32 heavy (non-hydrogen) atoms. The summed E-state index contributed by atoms with van der Waals surface area (Å²) in [6.45, 7) is 4.23. The lowest BCUT2D eigenvalue weighted by Crippen LogP contribution is -2.23. The van der Waals surface area contributed by atoms with Gasteiger partial charge in [0.15, 0.2) is 11.5 Å². The van der Waals surface area contributed by atoms with Gasteiger partial charge in [-0.2, -0.15) is 0 Å².